The summed E-state index contributed by atoms with van der Waals surface area (Å²) < 4.78 is 5.96. The van der Waals surface area contributed by atoms with Gasteiger partial charge in [0.25, 0.3) is 0 Å². The van der Waals surface area contributed by atoms with Crippen LogP contribution in [0.25, 0.3) is 11.0 Å². The van der Waals surface area contributed by atoms with Crippen LogP contribution in [-0.2, 0) is 6.54 Å². The van der Waals surface area contributed by atoms with Crippen molar-refractivity contribution >= 4 is 16.9 Å². The van der Waals surface area contributed by atoms with Crippen molar-refractivity contribution in [2.24, 2.45) is 0 Å². The molecule has 1 saturated heterocycles. The van der Waals surface area contributed by atoms with E-state index in [-0.39, 0.29) is 6.10 Å². The highest BCUT2D eigenvalue weighted by Crippen LogP contribution is 2.19. The van der Waals surface area contributed by atoms with Crippen molar-refractivity contribution in [3.05, 3.63) is 42.6 Å². The van der Waals surface area contributed by atoms with Crippen LogP contribution < -0.4 is 15.4 Å². The van der Waals surface area contributed by atoms with Gasteiger partial charge in [0.15, 0.2) is 0 Å². The molecule has 0 bridgehead atoms. The summed E-state index contributed by atoms with van der Waals surface area (Å²) in [6, 6.07) is 5.83. The van der Waals surface area contributed by atoms with Crippen LogP contribution in [0.1, 0.15) is 12.1 Å². The van der Waals surface area contributed by atoms with E-state index in [4.69, 9.17) is 4.74 Å². The van der Waals surface area contributed by atoms with E-state index in [1.165, 1.54) is 0 Å². The van der Waals surface area contributed by atoms with Crippen molar-refractivity contribution in [2.75, 3.05) is 18.4 Å². The number of pyridine rings is 1. The lowest BCUT2D eigenvalue weighted by molar-refractivity contribution is 0.222. The van der Waals surface area contributed by atoms with Gasteiger partial charge in [0.05, 0.1) is 17.6 Å². The lowest BCUT2D eigenvalue weighted by Crippen LogP contribution is -2.19. The lowest BCUT2D eigenvalue weighted by Gasteiger charge is -2.13. The predicted octanol–water partition coefficient (Wildman–Crippen LogP) is 1.71. The molecular weight excluding hydrogens is 292 g/mol. The molecule has 0 saturated carbocycles. The molecule has 1 atom stereocenters. The molecule has 7 heteroatoms. The Kier molecular flexibility index (Phi) is 3.77. The smallest absolute Gasteiger partial charge is 0.142 e. The summed E-state index contributed by atoms with van der Waals surface area (Å²) in [5.41, 5.74) is 1.73. The van der Waals surface area contributed by atoms with Crippen LogP contribution in [0.15, 0.2) is 36.9 Å². The summed E-state index contributed by atoms with van der Waals surface area (Å²) in [5, 5.41) is 7.58. The number of H-pyrrole nitrogens is 1. The van der Waals surface area contributed by atoms with E-state index in [0.29, 0.717) is 6.54 Å². The van der Waals surface area contributed by atoms with E-state index in [0.717, 1.165) is 47.8 Å². The Hall–Kier alpha value is -2.67. The molecule has 7 nitrogen and oxygen atoms in total. The molecule has 1 aliphatic heterocycles. The highest BCUT2D eigenvalue weighted by molar-refractivity contribution is 5.86. The van der Waals surface area contributed by atoms with Gasteiger partial charge in [-0.1, -0.05) is 0 Å². The van der Waals surface area contributed by atoms with Crippen LogP contribution in [-0.4, -0.2) is 39.1 Å². The van der Waals surface area contributed by atoms with Gasteiger partial charge >= 0.3 is 0 Å². The van der Waals surface area contributed by atoms with Gasteiger partial charge in [-0.3, -0.25) is 4.98 Å². The van der Waals surface area contributed by atoms with Crippen molar-refractivity contribution in [3.63, 3.8) is 0 Å². The van der Waals surface area contributed by atoms with Gasteiger partial charge in [0, 0.05) is 25.0 Å². The monoisotopic (exact) mass is 310 g/mol. The minimum Gasteiger partial charge on any atom is -0.489 e. The molecule has 23 heavy (non-hydrogen) atoms. The number of ether oxygens (including phenoxy) is 1. The van der Waals surface area contributed by atoms with Gasteiger partial charge in [-0.05, 0) is 25.1 Å². The first-order chi connectivity index (χ1) is 11.4. The minimum absolute atomic E-state index is 0.250. The van der Waals surface area contributed by atoms with E-state index < -0.39 is 0 Å². The van der Waals surface area contributed by atoms with Gasteiger partial charge in [0.1, 0.15) is 29.6 Å². The molecule has 0 amide bonds. The molecular formula is C16H18N6O. The predicted molar refractivity (Wildman–Crippen MR) is 87.4 cm³/mol. The number of rotatable bonds is 5. The first-order valence-electron chi connectivity index (χ1n) is 7.73. The second kappa shape index (κ2) is 6.21. The van der Waals surface area contributed by atoms with Gasteiger partial charge in [-0.15, -0.1) is 0 Å². The van der Waals surface area contributed by atoms with Crippen LogP contribution >= 0.6 is 0 Å². The van der Waals surface area contributed by atoms with Crippen LogP contribution in [0.3, 0.4) is 0 Å². The van der Waals surface area contributed by atoms with E-state index in [1.807, 2.05) is 24.4 Å². The molecule has 118 valence electrons. The fraction of sp³-hybridized carbons (Fsp3) is 0.312. The van der Waals surface area contributed by atoms with Gasteiger partial charge in [0.2, 0.25) is 0 Å². The average Bonchev–Trinajstić information content (AvgIpc) is 3.24. The lowest BCUT2D eigenvalue weighted by atomic mass is 10.3. The topological polar surface area (TPSA) is 87.8 Å². The fourth-order valence-corrected chi connectivity index (χ4v) is 2.73. The molecule has 1 unspecified atom stereocenters. The van der Waals surface area contributed by atoms with E-state index in [2.05, 4.69) is 30.6 Å². The first kappa shape index (κ1) is 14.0. The molecule has 0 radical (unpaired) electrons. The molecule has 3 aromatic rings. The third-order valence-electron chi connectivity index (χ3n) is 3.90. The summed E-state index contributed by atoms with van der Waals surface area (Å²) >= 11 is 0. The van der Waals surface area contributed by atoms with E-state index >= 15 is 0 Å². The second-order valence-electron chi connectivity index (χ2n) is 5.53. The summed E-state index contributed by atoms with van der Waals surface area (Å²) in [5.74, 6) is 1.66. The molecule has 3 N–H and O–H groups in total. The zero-order valence-corrected chi connectivity index (χ0v) is 12.6. The highest BCUT2D eigenvalue weighted by atomic mass is 16.5. The molecule has 4 rings (SSSR count). The zero-order chi connectivity index (χ0) is 15.5. The molecule has 0 aliphatic carbocycles. The molecule has 1 fully saturated rings. The van der Waals surface area contributed by atoms with Crippen LogP contribution in [0.4, 0.5) is 5.82 Å². The Bertz CT molecular complexity index is 796. The Labute approximate surface area is 133 Å². The largest absolute Gasteiger partial charge is 0.489 e. The number of anilines is 1. The van der Waals surface area contributed by atoms with Crippen molar-refractivity contribution in [1.29, 1.82) is 0 Å². The summed E-state index contributed by atoms with van der Waals surface area (Å²) in [7, 11) is 0. The molecule has 4 heterocycles. The molecule has 0 aromatic carbocycles. The summed E-state index contributed by atoms with van der Waals surface area (Å²) in [6.45, 7) is 2.50. The number of hydrogen-bond donors (Lipinski definition) is 3. The van der Waals surface area contributed by atoms with E-state index in [9.17, 15) is 0 Å². The molecule has 1 aliphatic rings. The van der Waals surface area contributed by atoms with Crippen LogP contribution in [0.5, 0.6) is 5.75 Å². The second-order valence-corrected chi connectivity index (χ2v) is 5.53. The fourth-order valence-electron chi connectivity index (χ4n) is 2.73. The Morgan fingerprint density at radius 1 is 1.26 bits per heavy atom. The maximum Gasteiger partial charge on any atom is 0.142 e. The molecule has 3 aromatic heterocycles. The third kappa shape index (κ3) is 3.09. The Morgan fingerprint density at radius 2 is 2.26 bits per heavy atom. The zero-order valence-electron chi connectivity index (χ0n) is 12.6. The van der Waals surface area contributed by atoms with Gasteiger partial charge in [-0.25, -0.2) is 9.97 Å². The highest BCUT2D eigenvalue weighted by Gasteiger charge is 2.16. The average molecular weight is 310 g/mol. The van der Waals surface area contributed by atoms with E-state index in [1.54, 1.807) is 12.5 Å². The number of hydrogen-bond acceptors (Lipinski definition) is 6. The Morgan fingerprint density at radius 3 is 3.17 bits per heavy atom. The first-order valence-corrected chi connectivity index (χ1v) is 7.73. The molecule has 0 spiro atoms. The summed E-state index contributed by atoms with van der Waals surface area (Å²) in [6.07, 6.45) is 6.47. The van der Waals surface area contributed by atoms with Crippen LogP contribution in [0.2, 0.25) is 0 Å². The quantitative estimate of drug-likeness (QED) is 0.665. The standard InChI is InChI=1S/C16H18N6O/c1-4-17-9-13(1)23-12-2-5-18-11(7-12)8-20-16-14-3-6-19-15(14)21-10-22-16/h2-3,5-7,10,13,17H,1,4,8-9H2,(H2,19,20,21,22). The number of fused-ring (bicyclic) bond motifs is 1. The Balaban J connectivity index is 1.45. The summed E-state index contributed by atoms with van der Waals surface area (Å²) in [4.78, 5) is 15.9. The normalized spacial score (nSPS) is 17.5. The third-order valence-corrected chi connectivity index (χ3v) is 3.90. The van der Waals surface area contributed by atoms with Crippen LogP contribution in [0, 0.1) is 0 Å². The van der Waals surface area contributed by atoms with Crippen molar-refractivity contribution in [1.82, 2.24) is 25.3 Å². The van der Waals surface area contributed by atoms with Crippen molar-refractivity contribution in [3.8, 4) is 5.75 Å². The van der Waals surface area contributed by atoms with Crippen molar-refractivity contribution in [2.45, 2.75) is 19.1 Å². The SMILES string of the molecule is c1cc(OC2CCNC2)cc(CNc2ncnc3[nH]ccc23)n1. The minimum atomic E-state index is 0.250. The maximum absolute atomic E-state index is 5.96. The number of nitrogens with one attached hydrogen (secondary N) is 3. The number of nitrogens with zero attached hydrogens (tertiary/aromatic N) is 3. The van der Waals surface area contributed by atoms with Gasteiger partial charge in [-0.2, -0.15) is 0 Å². The maximum atomic E-state index is 5.96. The number of aromatic amines is 1. The van der Waals surface area contributed by atoms with Crippen molar-refractivity contribution < 1.29 is 4.74 Å². The number of aromatic nitrogens is 4. The van der Waals surface area contributed by atoms with Gasteiger partial charge < -0.3 is 20.4 Å².